The number of nitro benzene ring substituents is 1. The van der Waals surface area contributed by atoms with Crippen molar-refractivity contribution >= 4 is 17.1 Å². The molecule has 0 amide bonds. The summed E-state index contributed by atoms with van der Waals surface area (Å²) in [5.74, 6) is 0.986. The first-order valence-electron chi connectivity index (χ1n) is 5.13. The smallest absolute Gasteiger partial charge is 0.292 e. The Bertz CT molecular complexity index is 581. The molecule has 0 saturated carbocycles. The molecule has 18 heavy (non-hydrogen) atoms. The maximum Gasteiger partial charge on any atom is 0.292 e. The molecular formula is C10H11N5O3. The summed E-state index contributed by atoms with van der Waals surface area (Å²) in [6, 6.07) is 4.41. The van der Waals surface area contributed by atoms with Gasteiger partial charge in [-0.3, -0.25) is 10.1 Å². The van der Waals surface area contributed by atoms with Crippen molar-refractivity contribution < 1.29 is 9.45 Å². The van der Waals surface area contributed by atoms with E-state index in [1.807, 2.05) is 0 Å². The van der Waals surface area contributed by atoms with Gasteiger partial charge in [0.15, 0.2) is 5.82 Å². The lowest BCUT2D eigenvalue weighted by atomic mass is 10.2. The molecular weight excluding hydrogens is 238 g/mol. The van der Waals surface area contributed by atoms with Crippen LogP contribution in [0.5, 0.6) is 0 Å². The monoisotopic (exact) mass is 249 g/mol. The molecule has 0 aliphatic carbocycles. The summed E-state index contributed by atoms with van der Waals surface area (Å²) in [5, 5.41) is 17.3. The number of benzene rings is 1. The molecule has 0 aliphatic rings. The lowest BCUT2D eigenvalue weighted by Gasteiger charge is -2.04. The highest BCUT2D eigenvalue weighted by atomic mass is 16.6. The predicted molar refractivity (Wildman–Crippen MR) is 63.9 cm³/mol. The summed E-state index contributed by atoms with van der Waals surface area (Å²) in [5.41, 5.74) is 6.21. The molecule has 0 atom stereocenters. The summed E-state index contributed by atoms with van der Waals surface area (Å²) in [6.07, 6.45) is 0. The first-order chi connectivity index (χ1) is 8.56. The Kier molecular flexibility index (Phi) is 3.09. The van der Waals surface area contributed by atoms with Gasteiger partial charge < -0.3 is 15.6 Å². The lowest BCUT2D eigenvalue weighted by molar-refractivity contribution is -0.383. The molecule has 2 aromatic rings. The molecule has 1 aromatic heterocycles. The molecule has 0 spiro atoms. The topological polar surface area (TPSA) is 120 Å². The van der Waals surface area contributed by atoms with Crippen molar-refractivity contribution in [3.63, 3.8) is 0 Å². The predicted octanol–water partition coefficient (Wildman–Crippen LogP) is 1.48. The second kappa shape index (κ2) is 4.70. The van der Waals surface area contributed by atoms with Gasteiger partial charge in [-0.25, -0.2) is 0 Å². The van der Waals surface area contributed by atoms with Crippen molar-refractivity contribution in [1.82, 2.24) is 10.1 Å². The van der Waals surface area contributed by atoms with Crippen LogP contribution in [-0.4, -0.2) is 15.1 Å². The van der Waals surface area contributed by atoms with Gasteiger partial charge in [-0.1, -0.05) is 5.16 Å². The largest absolute Gasteiger partial charge is 0.393 e. The fourth-order valence-electron chi connectivity index (χ4n) is 1.42. The summed E-state index contributed by atoms with van der Waals surface area (Å²) in [4.78, 5) is 14.1. The Labute approximate surface area is 102 Å². The van der Waals surface area contributed by atoms with Gasteiger partial charge in [0.1, 0.15) is 5.69 Å². The van der Waals surface area contributed by atoms with Gasteiger partial charge in [0, 0.05) is 18.7 Å². The summed E-state index contributed by atoms with van der Waals surface area (Å²) < 4.78 is 4.81. The van der Waals surface area contributed by atoms with Crippen LogP contribution in [0.15, 0.2) is 22.7 Å². The van der Waals surface area contributed by atoms with Gasteiger partial charge >= 0.3 is 0 Å². The van der Waals surface area contributed by atoms with Crippen LogP contribution >= 0.6 is 0 Å². The zero-order chi connectivity index (χ0) is 13.1. The number of hydrogen-bond acceptors (Lipinski definition) is 7. The van der Waals surface area contributed by atoms with E-state index in [4.69, 9.17) is 10.3 Å². The molecule has 94 valence electrons. The second-order valence-electron chi connectivity index (χ2n) is 3.61. The van der Waals surface area contributed by atoms with Crippen LogP contribution in [0.4, 0.5) is 17.1 Å². The van der Waals surface area contributed by atoms with E-state index >= 15 is 0 Å². The molecule has 1 heterocycles. The number of nitro groups is 1. The van der Waals surface area contributed by atoms with Gasteiger partial charge in [0.25, 0.3) is 5.69 Å². The first-order valence-corrected chi connectivity index (χ1v) is 5.13. The Morgan fingerprint density at radius 2 is 2.33 bits per heavy atom. The third-order valence-electron chi connectivity index (χ3n) is 2.24. The SMILES string of the molecule is Cc1nc(CNc2ccc([N+](=O)[O-])c(N)c2)no1. The molecule has 2 rings (SSSR count). The van der Waals surface area contributed by atoms with Crippen LogP contribution in [-0.2, 0) is 6.54 Å². The van der Waals surface area contributed by atoms with E-state index in [2.05, 4.69) is 15.5 Å². The lowest BCUT2D eigenvalue weighted by Crippen LogP contribution is -2.03. The van der Waals surface area contributed by atoms with Crippen LogP contribution in [0, 0.1) is 17.0 Å². The normalized spacial score (nSPS) is 10.3. The van der Waals surface area contributed by atoms with Crippen LogP contribution in [0.25, 0.3) is 0 Å². The van der Waals surface area contributed by atoms with E-state index in [1.165, 1.54) is 12.1 Å². The maximum atomic E-state index is 10.6. The highest BCUT2D eigenvalue weighted by Gasteiger charge is 2.11. The molecule has 0 radical (unpaired) electrons. The minimum absolute atomic E-state index is 0.106. The van der Waals surface area contributed by atoms with Crippen LogP contribution in [0.2, 0.25) is 0 Å². The van der Waals surface area contributed by atoms with Crippen molar-refractivity contribution in [2.45, 2.75) is 13.5 Å². The van der Waals surface area contributed by atoms with Crippen molar-refractivity contribution in [2.75, 3.05) is 11.1 Å². The average Bonchev–Trinajstić information content (AvgIpc) is 2.72. The number of aryl methyl sites for hydroxylation is 1. The molecule has 0 fully saturated rings. The molecule has 0 saturated heterocycles. The van der Waals surface area contributed by atoms with Crippen molar-refractivity contribution in [3.8, 4) is 0 Å². The number of nitrogen functional groups attached to an aromatic ring is 1. The van der Waals surface area contributed by atoms with Gasteiger partial charge in [-0.15, -0.1) is 0 Å². The Balaban J connectivity index is 2.06. The average molecular weight is 249 g/mol. The van der Waals surface area contributed by atoms with Crippen LogP contribution in [0.3, 0.4) is 0 Å². The quantitative estimate of drug-likeness (QED) is 0.478. The molecule has 8 heteroatoms. The van der Waals surface area contributed by atoms with Crippen LogP contribution < -0.4 is 11.1 Å². The van der Waals surface area contributed by atoms with Gasteiger partial charge in [0.05, 0.1) is 11.5 Å². The number of nitrogens with two attached hydrogens (primary N) is 1. The summed E-state index contributed by atoms with van der Waals surface area (Å²) in [6.45, 7) is 2.05. The molecule has 3 N–H and O–H groups in total. The Morgan fingerprint density at radius 1 is 1.56 bits per heavy atom. The summed E-state index contributed by atoms with van der Waals surface area (Å²) >= 11 is 0. The van der Waals surface area contributed by atoms with Gasteiger partial charge in [0.2, 0.25) is 5.89 Å². The van der Waals surface area contributed by atoms with Crippen LogP contribution in [0.1, 0.15) is 11.7 Å². The number of rotatable bonds is 4. The van der Waals surface area contributed by atoms with E-state index in [0.717, 1.165) is 0 Å². The van der Waals surface area contributed by atoms with E-state index in [-0.39, 0.29) is 11.4 Å². The third-order valence-corrected chi connectivity index (χ3v) is 2.24. The number of nitrogens with one attached hydrogen (secondary N) is 1. The highest BCUT2D eigenvalue weighted by molar-refractivity contribution is 5.65. The minimum Gasteiger partial charge on any atom is -0.393 e. The Morgan fingerprint density at radius 3 is 2.89 bits per heavy atom. The Hall–Kier alpha value is -2.64. The van der Waals surface area contributed by atoms with Gasteiger partial charge in [-0.2, -0.15) is 4.98 Å². The van der Waals surface area contributed by atoms with Crippen molar-refractivity contribution in [2.24, 2.45) is 0 Å². The van der Waals surface area contributed by atoms with E-state index < -0.39 is 4.92 Å². The number of aromatic nitrogens is 2. The highest BCUT2D eigenvalue weighted by Crippen LogP contribution is 2.24. The molecule has 0 bridgehead atoms. The maximum absolute atomic E-state index is 10.6. The fraction of sp³-hybridized carbons (Fsp3) is 0.200. The fourth-order valence-corrected chi connectivity index (χ4v) is 1.42. The van der Waals surface area contributed by atoms with E-state index in [0.29, 0.717) is 23.9 Å². The second-order valence-corrected chi connectivity index (χ2v) is 3.61. The number of anilines is 2. The van der Waals surface area contributed by atoms with E-state index in [1.54, 1.807) is 13.0 Å². The zero-order valence-electron chi connectivity index (χ0n) is 9.58. The van der Waals surface area contributed by atoms with Crippen molar-refractivity contribution in [1.29, 1.82) is 0 Å². The first kappa shape index (κ1) is 11.8. The number of hydrogen-bond donors (Lipinski definition) is 2. The minimum atomic E-state index is -0.526. The molecule has 8 nitrogen and oxygen atoms in total. The molecule has 0 unspecified atom stereocenters. The number of nitrogens with zero attached hydrogens (tertiary/aromatic N) is 3. The third kappa shape index (κ3) is 2.54. The summed E-state index contributed by atoms with van der Waals surface area (Å²) in [7, 11) is 0. The van der Waals surface area contributed by atoms with Crippen molar-refractivity contribution in [3.05, 3.63) is 40.0 Å². The molecule has 1 aromatic carbocycles. The standard InChI is InChI=1S/C10H11N5O3/c1-6-13-10(14-18-6)5-12-7-2-3-9(15(16)17)8(11)4-7/h2-4,12H,5,11H2,1H3. The van der Waals surface area contributed by atoms with E-state index in [9.17, 15) is 10.1 Å². The van der Waals surface area contributed by atoms with Gasteiger partial charge in [-0.05, 0) is 12.1 Å². The zero-order valence-corrected chi connectivity index (χ0v) is 9.58. The molecule has 0 aliphatic heterocycles.